The van der Waals surface area contributed by atoms with Crippen molar-refractivity contribution in [3.05, 3.63) is 0 Å². The number of hydrogen-bond acceptors (Lipinski definition) is 2. The zero-order chi connectivity index (χ0) is 12.0. The molecule has 0 saturated heterocycles. The molecule has 0 atom stereocenters. The lowest BCUT2D eigenvalue weighted by Gasteiger charge is -2.59. The zero-order valence-corrected chi connectivity index (χ0v) is 10.6. The van der Waals surface area contributed by atoms with Gasteiger partial charge < -0.3 is 10.4 Å². The number of hydrogen-bond donors (Lipinski definition) is 2. The van der Waals surface area contributed by atoms with Gasteiger partial charge in [0.05, 0.1) is 0 Å². The standard InChI is InChI=1S/C14H23NO2/c1-2-3-15-14(13(16)17)11-5-9-4-10(7-11)8-12(14)6-9/h9-12,15H,2-8H2,1H3,(H,16,17). The van der Waals surface area contributed by atoms with E-state index in [0.29, 0.717) is 11.8 Å². The summed E-state index contributed by atoms with van der Waals surface area (Å²) in [6, 6.07) is 0. The number of carboxylic acids is 1. The third-order valence-electron chi connectivity index (χ3n) is 5.45. The Labute approximate surface area is 103 Å². The molecule has 0 aromatic rings. The van der Waals surface area contributed by atoms with Crippen molar-refractivity contribution in [2.24, 2.45) is 23.7 Å². The molecule has 4 aliphatic rings. The number of aliphatic carboxylic acids is 1. The summed E-state index contributed by atoms with van der Waals surface area (Å²) in [5.41, 5.74) is -0.580. The smallest absolute Gasteiger partial charge is 0.324 e. The Kier molecular flexibility index (Phi) is 2.69. The number of carboxylic acid groups (broad SMARTS) is 1. The van der Waals surface area contributed by atoms with Crippen LogP contribution in [0, 0.1) is 23.7 Å². The summed E-state index contributed by atoms with van der Waals surface area (Å²) >= 11 is 0. The minimum atomic E-state index is -0.584. The lowest BCUT2D eigenvalue weighted by Crippen LogP contribution is -2.69. The van der Waals surface area contributed by atoms with E-state index in [0.717, 1.165) is 50.5 Å². The van der Waals surface area contributed by atoms with Gasteiger partial charge in [-0.25, -0.2) is 0 Å². The van der Waals surface area contributed by atoms with Gasteiger partial charge in [-0.2, -0.15) is 0 Å². The Bertz CT molecular complexity index is 298. The van der Waals surface area contributed by atoms with Crippen LogP contribution in [0.15, 0.2) is 0 Å². The van der Waals surface area contributed by atoms with E-state index in [2.05, 4.69) is 12.2 Å². The molecule has 0 unspecified atom stereocenters. The molecule has 0 aliphatic heterocycles. The van der Waals surface area contributed by atoms with Gasteiger partial charge in [-0.1, -0.05) is 6.92 Å². The highest BCUT2D eigenvalue weighted by molar-refractivity contribution is 5.80. The third-order valence-corrected chi connectivity index (χ3v) is 5.45. The molecule has 17 heavy (non-hydrogen) atoms. The van der Waals surface area contributed by atoms with Crippen LogP contribution in [0.5, 0.6) is 0 Å². The van der Waals surface area contributed by atoms with Gasteiger partial charge >= 0.3 is 5.97 Å². The van der Waals surface area contributed by atoms with E-state index in [-0.39, 0.29) is 0 Å². The summed E-state index contributed by atoms with van der Waals surface area (Å²) in [5, 5.41) is 13.2. The van der Waals surface area contributed by atoms with Crippen molar-refractivity contribution in [2.75, 3.05) is 6.54 Å². The molecule has 4 saturated carbocycles. The van der Waals surface area contributed by atoms with E-state index < -0.39 is 11.5 Å². The molecule has 0 amide bonds. The van der Waals surface area contributed by atoms with Gasteiger partial charge in [0.1, 0.15) is 5.54 Å². The summed E-state index contributed by atoms with van der Waals surface area (Å²) in [6.07, 6.45) is 6.98. The fourth-order valence-electron chi connectivity index (χ4n) is 4.97. The Morgan fingerprint density at radius 3 is 2.12 bits per heavy atom. The number of carbonyl (C=O) groups is 1. The largest absolute Gasteiger partial charge is 0.480 e. The molecule has 2 N–H and O–H groups in total. The molecule has 4 rings (SSSR count). The van der Waals surface area contributed by atoms with Crippen LogP contribution in [-0.2, 0) is 4.79 Å². The predicted molar refractivity (Wildman–Crippen MR) is 65.7 cm³/mol. The van der Waals surface area contributed by atoms with Crippen LogP contribution in [0.25, 0.3) is 0 Å². The fourth-order valence-corrected chi connectivity index (χ4v) is 4.97. The van der Waals surface area contributed by atoms with Gasteiger partial charge in [0.15, 0.2) is 0 Å². The van der Waals surface area contributed by atoms with E-state index in [1.165, 1.54) is 6.42 Å². The Hall–Kier alpha value is -0.570. The second-order valence-corrected chi connectivity index (χ2v) is 6.41. The molecule has 3 heteroatoms. The first kappa shape index (κ1) is 11.5. The summed E-state index contributed by atoms with van der Waals surface area (Å²) in [4.78, 5) is 11.9. The molecule has 96 valence electrons. The van der Waals surface area contributed by atoms with Crippen LogP contribution in [-0.4, -0.2) is 23.2 Å². The highest BCUT2D eigenvalue weighted by Crippen LogP contribution is 2.58. The SMILES string of the molecule is CCCNC1(C(=O)O)C2CC3CC(C2)CC1C3. The summed E-state index contributed by atoms with van der Waals surface area (Å²) in [6.45, 7) is 2.95. The molecule has 0 aromatic carbocycles. The molecular formula is C14H23NO2. The number of rotatable bonds is 4. The molecule has 0 heterocycles. The lowest BCUT2D eigenvalue weighted by molar-refractivity contribution is -0.164. The van der Waals surface area contributed by atoms with Crippen molar-refractivity contribution in [3.63, 3.8) is 0 Å². The van der Waals surface area contributed by atoms with Gasteiger partial charge in [0.25, 0.3) is 0 Å². The minimum Gasteiger partial charge on any atom is -0.480 e. The Morgan fingerprint density at radius 2 is 1.71 bits per heavy atom. The second-order valence-electron chi connectivity index (χ2n) is 6.41. The average molecular weight is 237 g/mol. The number of nitrogens with one attached hydrogen (secondary N) is 1. The maximum atomic E-state index is 11.9. The van der Waals surface area contributed by atoms with Crippen molar-refractivity contribution in [1.29, 1.82) is 0 Å². The molecule has 0 spiro atoms. The molecule has 4 aliphatic carbocycles. The van der Waals surface area contributed by atoms with Crippen molar-refractivity contribution in [2.45, 2.75) is 51.0 Å². The van der Waals surface area contributed by atoms with Gasteiger partial charge in [0.2, 0.25) is 0 Å². The van der Waals surface area contributed by atoms with Gasteiger partial charge in [-0.3, -0.25) is 4.79 Å². The normalized spacial score (nSPS) is 47.4. The summed E-state index contributed by atoms with van der Waals surface area (Å²) < 4.78 is 0. The summed E-state index contributed by atoms with van der Waals surface area (Å²) in [7, 11) is 0. The van der Waals surface area contributed by atoms with Crippen molar-refractivity contribution in [3.8, 4) is 0 Å². The molecular weight excluding hydrogens is 214 g/mol. The van der Waals surface area contributed by atoms with Gasteiger partial charge in [-0.15, -0.1) is 0 Å². The minimum absolute atomic E-state index is 0.391. The molecule has 4 bridgehead atoms. The Balaban J connectivity index is 1.90. The van der Waals surface area contributed by atoms with Crippen LogP contribution in [0.1, 0.15) is 45.4 Å². The summed E-state index contributed by atoms with van der Waals surface area (Å²) in [5.74, 6) is 1.85. The lowest BCUT2D eigenvalue weighted by atomic mass is 9.48. The highest BCUT2D eigenvalue weighted by Gasteiger charge is 2.60. The van der Waals surface area contributed by atoms with Crippen molar-refractivity contribution >= 4 is 5.97 Å². The maximum absolute atomic E-state index is 11.9. The van der Waals surface area contributed by atoms with E-state index >= 15 is 0 Å². The van der Waals surface area contributed by atoms with Crippen LogP contribution in [0.2, 0.25) is 0 Å². The van der Waals surface area contributed by atoms with Crippen molar-refractivity contribution < 1.29 is 9.90 Å². The van der Waals surface area contributed by atoms with E-state index in [1.807, 2.05) is 0 Å². The first-order chi connectivity index (χ1) is 8.16. The maximum Gasteiger partial charge on any atom is 0.324 e. The van der Waals surface area contributed by atoms with Crippen LogP contribution in [0.4, 0.5) is 0 Å². The fraction of sp³-hybridized carbons (Fsp3) is 0.929. The van der Waals surface area contributed by atoms with Crippen LogP contribution >= 0.6 is 0 Å². The first-order valence-corrected chi connectivity index (χ1v) is 7.15. The van der Waals surface area contributed by atoms with Gasteiger partial charge in [-0.05, 0) is 68.7 Å². The van der Waals surface area contributed by atoms with E-state index in [1.54, 1.807) is 0 Å². The molecule has 0 aromatic heterocycles. The van der Waals surface area contributed by atoms with Crippen LogP contribution in [0.3, 0.4) is 0 Å². The first-order valence-electron chi connectivity index (χ1n) is 7.15. The van der Waals surface area contributed by atoms with E-state index in [9.17, 15) is 9.90 Å². The monoisotopic (exact) mass is 237 g/mol. The van der Waals surface area contributed by atoms with Crippen molar-refractivity contribution in [1.82, 2.24) is 5.32 Å². The Morgan fingerprint density at radius 1 is 1.18 bits per heavy atom. The van der Waals surface area contributed by atoms with Gasteiger partial charge in [0, 0.05) is 0 Å². The third kappa shape index (κ3) is 1.55. The van der Waals surface area contributed by atoms with Crippen LogP contribution < -0.4 is 5.32 Å². The molecule has 4 fully saturated rings. The topological polar surface area (TPSA) is 49.3 Å². The predicted octanol–water partition coefficient (Wildman–Crippen LogP) is 2.27. The second kappa shape index (κ2) is 3.98. The highest BCUT2D eigenvalue weighted by atomic mass is 16.4. The molecule has 3 nitrogen and oxygen atoms in total. The molecule has 0 radical (unpaired) electrons. The van der Waals surface area contributed by atoms with E-state index in [4.69, 9.17) is 0 Å². The average Bonchev–Trinajstić information content (AvgIpc) is 2.27. The zero-order valence-electron chi connectivity index (χ0n) is 10.6. The quantitative estimate of drug-likeness (QED) is 0.788.